The van der Waals surface area contributed by atoms with E-state index < -0.39 is 12.0 Å². The van der Waals surface area contributed by atoms with Crippen molar-refractivity contribution in [1.82, 2.24) is 4.90 Å². The van der Waals surface area contributed by atoms with Crippen LogP contribution in [0.15, 0.2) is 0 Å². The number of hydrogen-bond acceptors (Lipinski definition) is 3. The van der Waals surface area contributed by atoms with Crippen LogP contribution in [-0.4, -0.2) is 40.5 Å². The molecule has 0 aromatic heterocycles. The van der Waals surface area contributed by atoms with Crippen LogP contribution in [0.2, 0.25) is 0 Å². The van der Waals surface area contributed by atoms with Gasteiger partial charge in [-0.25, -0.2) is 4.79 Å². The number of carbonyl (C=O) groups excluding carboxylic acids is 1. The molecule has 1 amide bonds. The summed E-state index contributed by atoms with van der Waals surface area (Å²) in [7, 11) is 0. The summed E-state index contributed by atoms with van der Waals surface area (Å²) in [5.41, 5.74) is 6.20. The molecule has 106 valence electrons. The van der Waals surface area contributed by atoms with Gasteiger partial charge in [-0.1, -0.05) is 0 Å². The third-order valence-corrected chi connectivity index (χ3v) is 5.34. The highest BCUT2D eigenvalue weighted by Gasteiger charge is 2.51. The SMILES string of the molecule is NC1C2CCC(C2)C1C(=O)N1CCCCC1C(=O)O. The fourth-order valence-corrected chi connectivity index (χ4v) is 4.35. The van der Waals surface area contributed by atoms with Crippen molar-refractivity contribution in [3.05, 3.63) is 0 Å². The van der Waals surface area contributed by atoms with Crippen LogP contribution in [0.25, 0.3) is 0 Å². The zero-order valence-corrected chi connectivity index (χ0v) is 11.1. The predicted octanol–water partition coefficient (Wildman–Crippen LogP) is 0.825. The van der Waals surface area contributed by atoms with Gasteiger partial charge in [-0.3, -0.25) is 4.79 Å². The van der Waals surface area contributed by atoms with Crippen molar-refractivity contribution >= 4 is 11.9 Å². The second-order valence-corrected chi connectivity index (χ2v) is 6.32. The lowest BCUT2D eigenvalue weighted by atomic mass is 9.83. The Morgan fingerprint density at radius 3 is 2.47 bits per heavy atom. The van der Waals surface area contributed by atoms with E-state index in [2.05, 4.69) is 0 Å². The molecule has 1 heterocycles. The van der Waals surface area contributed by atoms with Crippen LogP contribution in [0, 0.1) is 17.8 Å². The van der Waals surface area contributed by atoms with Crippen molar-refractivity contribution in [2.45, 2.75) is 50.6 Å². The third-order valence-electron chi connectivity index (χ3n) is 5.34. The molecular formula is C14H22N2O3. The van der Waals surface area contributed by atoms with E-state index >= 15 is 0 Å². The first-order valence-electron chi connectivity index (χ1n) is 7.38. The number of nitrogens with two attached hydrogens (primary N) is 1. The normalized spacial score (nSPS) is 41.5. The summed E-state index contributed by atoms with van der Waals surface area (Å²) in [5, 5.41) is 9.27. The molecule has 0 aromatic rings. The van der Waals surface area contributed by atoms with Crippen LogP contribution in [0.5, 0.6) is 0 Å². The second kappa shape index (κ2) is 4.78. The number of fused-ring (bicyclic) bond motifs is 2. The first-order valence-corrected chi connectivity index (χ1v) is 7.38. The average molecular weight is 266 g/mol. The number of amides is 1. The van der Waals surface area contributed by atoms with Crippen molar-refractivity contribution in [2.75, 3.05) is 6.54 Å². The molecule has 1 saturated heterocycles. The molecule has 3 rings (SSSR count). The Kier molecular flexibility index (Phi) is 3.25. The van der Waals surface area contributed by atoms with Gasteiger partial charge in [0.15, 0.2) is 0 Å². The van der Waals surface area contributed by atoms with Gasteiger partial charge in [-0.05, 0) is 50.4 Å². The fourth-order valence-electron chi connectivity index (χ4n) is 4.35. The molecule has 3 N–H and O–H groups in total. The molecule has 0 spiro atoms. The van der Waals surface area contributed by atoms with Crippen molar-refractivity contribution in [3.8, 4) is 0 Å². The molecule has 5 unspecified atom stereocenters. The lowest BCUT2D eigenvalue weighted by molar-refractivity contribution is -0.155. The Labute approximate surface area is 113 Å². The maximum Gasteiger partial charge on any atom is 0.326 e. The molecule has 2 bridgehead atoms. The van der Waals surface area contributed by atoms with Crippen LogP contribution < -0.4 is 5.73 Å². The van der Waals surface area contributed by atoms with Crippen molar-refractivity contribution < 1.29 is 14.7 Å². The molecule has 19 heavy (non-hydrogen) atoms. The molecule has 1 aliphatic heterocycles. The molecule has 0 aromatic carbocycles. The number of carboxylic acid groups (broad SMARTS) is 1. The van der Waals surface area contributed by atoms with Crippen molar-refractivity contribution in [2.24, 2.45) is 23.5 Å². The molecule has 2 saturated carbocycles. The Balaban J connectivity index is 1.77. The summed E-state index contributed by atoms with van der Waals surface area (Å²) in [6.45, 7) is 0.580. The fraction of sp³-hybridized carbons (Fsp3) is 0.857. The van der Waals surface area contributed by atoms with E-state index in [9.17, 15) is 14.7 Å². The van der Waals surface area contributed by atoms with Gasteiger partial charge in [-0.15, -0.1) is 0 Å². The summed E-state index contributed by atoms with van der Waals surface area (Å²) in [4.78, 5) is 25.6. The van der Waals surface area contributed by atoms with E-state index in [1.807, 2.05) is 0 Å². The molecule has 3 aliphatic rings. The number of hydrogen-bond donors (Lipinski definition) is 2. The highest BCUT2D eigenvalue weighted by Crippen LogP contribution is 2.48. The minimum Gasteiger partial charge on any atom is -0.480 e. The molecule has 0 radical (unpaired) electrons. The molecule has 5 nitrogen and oxygen atoms in total. The monoisotopic (exact) mass is 266 g/mol. The first kappa shape index (κ1) is 12.9. The Morgan fingerprint density at radius 2 is 1.84 bits per heavy atom. The van der Waals surface area contributed by atoms with E-state index in [0.29, 0.717) is 24.8 Å². The molecule has 5 heteroatoms. The Bertz CT molecular complexity index is 396. The van der Waals surface area contributed by atoms with Gasteiger partial charge in [0, 0.05) is 12.6 Å². The summed E-state index contributed by atoms with van der Waals surface area (Å²) in [6.07, 6.45) is 5.66. The Hall–Kier alpha value is -1.10. The first-order chi connectivity index (χ1) is 9.09. The number of carbonyl (C=O) groups is 2. The predicted molar refractivity (Wildman–Crippen MR) is 69.3 cm³/mol. The van der Waals surface area contributed by atoms with E-state index in [0.717, 1.165) is 32.1 Å². The van der Waals surface area contributed by atoms with Gasteiger partial charge in [0.1, 0.15) is 6.04 Å². The molecular weight excluding hydrogens is 244 g/mol. The van der Waals surface area contributed by atoms with E-state index in [-0.39, 0.29) is 17.9 Å². The summed E-state index contributed by atoms with van der Waals surface area (Å²) < 4.78 is 0. The maximum absolute atomic E-state index is 12.7. The standard InChI is InChI=1S/C14H22N2O3/c15-12-9-5-4-8(7-9)11(12)13(17)16-6-2-1-3-10(16)14(18)19/h8-12H,1-7,15H2,(H,18,19). The largest absolute Gasteiger partial charge is 0.480 e. The minimum atomic E-state index is -0.871. The van der Waals surface area contributed by atoms with E-state index in [4.69, 9.17) is 5.73 Å². The number of likely N-dealkylation sites (tertiary alicyclic amines) is 1. The number of rotatable bonds is 2. The van der Waals surface area contributed by atoms with Gasteiger partial charge in [-0.2, -0.15) is 0 Å². The molecule has 5 atom stereocenters. The lowest BCUT2D eigenvalue weighted by Crippen LogP contribution is -2.54. The number of nitrogens with zero attached hydrogens (tertiary/aromatic N) is 1. The minimum absolute atomic E-state index is 0.00630. The highest BCUT2D eigenvalue weighted by atomic mass is 16.4. The highest BCUT2D eigenvalue weighted by molar-refractivity contribution is 5.86. The van der Waals surface area contributed by atoms with Crippen LogP contribution in [0.3, 0.4) is 0 Å². The van der Waals surface area contributed by atoms with E-state index in [1.54, 1.807) is 4.90 Å². The van der Waals surface area contributed by atoms with Crippen LogP contribution in [0.4, 0.5) is 0 Å². The number of piperidine rings is 1. The Morgan fingerprint density at radius 1 is 1.11 bits per heavy atom. The van der Waals surface area contributed by atoms with Gasteiger partial charge < -0.3 is 15.7 Å². The average Bonchev–Trinajstić information content (AvgIpc) is 2.98. The lowest BCUT2D eigenvalue weighted by Gasteiger charge is -2.38. The number of aliphatic carboxylic acids is 1. The zero-order valence-electron chi connectivity index (χ0n) is 11.1. The van der Waals surface area contributed by atoms with Gasteiger partial charge >= 0.3 is 5.97 Å². The zero-order chi connectivity index (χ0) is 13.6. The smallest absolute Gasteiger partial charge is 0.326 e. The van der Waals surface area contributed by atoms with Crippen LogP contribution in [0.1, 0.15) is 38.5 Å². The van der Waals surface area contributed by atoms with Crippen LogP contribution in [-0.2, 0) is 9.59 Å². The second-order valence-electron chi connectivity index (χ2n) is 6.32. The molecule has 2 aliphatic carbocycles. The van der Waals surface area contributed by atoms with Gasteiger partial charge in [0.05, 0.1) is 5.92 Å². The molecule has 3 fully saturated rings. The van der Waals surface area contributed by atoms with Crippen LogP contribution >= 0.6 is 0 Å². The summed E-state index contributed by atoms with van der Waals surface area (Å²) in [5.74, 6) is -0.119. The summed E-state index contributed by atoms with van der Waals surface area (Å²) >= 11 is 0. The summed E-state index contributed by atoms with van der Waals surface area (Å²) in [6, 6.07) is -0.685. The quantitative estimate of drug-likeness (QED) is 0.775. The maximum atomic E-state index is 12.7. The number of carboxylic acids is 1. The van der Waals surface area contributed by atoms with Crippen molar-refractivity contribution in [1.29, 1.82) is 0 Å². The third kappa shape index (κ3) is 2.04. The van der Waals surface area contributed by atoms with Crippen molar-refractivity contribution in [3.63, 3.8) is 0 Å². The topological polar surface area (TPSA) is 83.6 Å². The van der Waals surface area contributed by atoms with Gasteiger partial charge in [0.2, 0.25) is 5.91 Å². The van der Waals surface area contributed by atoms with Gasteiger partial charge in [0.25, 0.3) is 0 Å². The van der Waals surface area contributed by atoms with E-state index in [1.165, 1.54) is 0 Å².